The zero-order valence-electron chi connectivity index (χ0n) is 3.62. The monoisotopic (exact) mass is 249 g/mol. The summed E-state index contributed by atoms with van der Waals surface area (Å²) in [4.78, 5) is 9.28. The third-order valence-electron chi connectivity index (χ3n) is 0.174. The fourth-order valence-electron chi connectivity index (χ4n) is 0. The van der Waals surface area contributed by atoms with Crippen LogP contribution in [-0.4, -0.2) is 6.29 Å². The average Bonchev–Trinajstić information content (AvgIpc) is 1.38. The molecule has 0 rings (SSSR count). The third-order valence-corrected chi connectivity index (χ3v) is 0.174. The van der Waals surface area contributed by atoms with Gasteiger partial charge in [0.05, 0.1) is 0 Å². The molecule has 0 spiro atoms. The summed E-state index contributed by atoms with van der Waals surface area (Å²) in [6.45, 7) is 4.85. The van der Waals surface area contributed by atoms with E-state index in [4.69, 9.17) is 0 Å². The molecule has 0 unspecified atom stereocenters. The van der Waals surface area contributed by atoms with Crippen LogP contribution in [-0.2, 0) is 30.6 Å². The number of hydrogen-bond acceptors (Lipinski definition) is 1. The number of carbonyl (C=O) groups excluding carboxylic acids is 1. The summed E-state index contributed by atoms with van der Waals surface area (Å²) >= 11 is 0. The summed E-state index contributed by atoms with van der Waals surface area (Å²) in [6.07, 6.45) is 1.58. The summed E-state index contributed by atoms with van der Waals surface area (Å²) < 4.78 is 0. The minimum absolute atomic E-state index is 0. The van der Waals surface area contributed by atoms with Crippen LogP contribution in [0.3, 0.4) is 0 Å². The third kappa shape index (κ3) is 8.86. The maximum atomic E-state index is 9.28. The fourth-order valence-corrected chi connectivity index (χ4v) is 0. The van der Waals surface area contributed by atoms with Crippen LogP contribution in [0.1, 0.15) is 6.92 Å². The molecular weight excluding hydrogens is 243 g/mol. The molecule has 32 valence electrons. The van der Waals surface area contributed by atoms with Gasteiger partial charge in [0.25, 0.3) is 0 Å². The van der Waals surface area contributed by atoms with Gasteiger partial charge in [0.1, 0.15) is 0 Å². The van der Waals surface area contributed by atoms with Crippen molar-refractivity contribution in [1.82, 2.24) is 0 Å². The molecule has 0 saturated heterocycles. The first-order chi connectivity index (χ1) is 2.27. The van der Waals surface area contributed by atoms with Crippen molar-refractivity contribution in [3.05, 3.63) is 12.2 Å². The maximum Gasteiger partial charge on any atom is 0 e. The van der Waals surface area contributed by atoms with Crippen molar-refractivity contribution in [2.24, 2.45) is 0 Å². The Kier molecular flexibility index (Phi) is 8.41. The Morgan fingerprint density at radius 1 is 1.83 bits per heavy atom. The Hall–Kier alpha value is 0.280. The molecule has 0 aliphatic carbocycles. The van der Waals surface area contributed by atoms with Crippen molar-refractivity contribution in [2.45, 2.75) is 6.92 Å². The molecule has 0 aliphatic heterocycles. The first-order valence-electron chi connectivity index (χ1n) is 1.31. The predicted octanol–water partition coefficient (Wildman–Crippen LogP) is 0.670. The minimum atomic E-state index is 0. The summed E-state index contributed by atoms with van der Waals surface area (Å²) in [5.41, 5.74) is 0.449. The van der Waals surface area contributed by atoms with Gasteiger partial charge < -0.3 is 4.79 Å². The normalized spacial score (nSPS) is 5.50. The predicted molar refractivity (Wildman–Crippen MR) is 20.5 cm³/mol. The van der Waals surface area contributed by atoms with Crippen LogP contribution in [0.4, 0.5) is 0 Å². The van der Waals surface area contributed by atoms with Gasteiger partial charge >= 0.3 is 0 Å². The van der Waals surface area contributed by atoms with E-state index in [-0.39, 0.29) is 25.8 Å². The Morgan fingerprint density at radius 3 is 2.00 bits per heavy atom. The Balaban J connectivity index is 0. The van der Waals surface area contributed by atoms with E-state index in [1.807, 2.05) is 0 Å². The van der Waals surface area contributed by atoms with Gasteiger partial charge in [-0.2, -0.15) is 5.57 Å². The second kappa shape index (κ2) is 5.28. The van der Waals surface area contributed by atoms with Gasteiger partial charge in [-0.25, -0.2) is 6.58 Å². The molecule has 0 aromatic rings. The molecular formula is C4H5HfO-. The van der Waals surface area contributed by atoms with E-state index in [9.17, 15) is 4.79 Å². The van der Waals surface area contributed by atoms with Crippen molar-refractivity contribution in [3.8, 4) is 0 Å². The molecule has 0 N–H and O–H groups in total. The van der Waals surface area contributed by atoms with Gasteiger partial charge in [-0.3, -0.25) is 0 Å². The fraction of sp³-hybridized carbons (Fsp3) is 0.250. The molecule has 0 fully saturated rings. The minimum Gasteiger partial charge on any atom is -0.419 e. The van der Waals surface area contributed by atoms with Crippen LogP contribution in [0.2, 0.25) is 0 Å². The first-order valence-corrected chi connectivity index (χ1v) is 1.31. The first kappa shape index (κ1) is 9.56. The largest absolute Gasteiger partial charge is 0.419 e. The van der Waals surface area contributed by atoms with Crippen LogP contribution < -0.4 is 0 Å². The molecule has 0 saturated carbocycles. The van der Waals surface area contributed by atoms with E-state index in [0.717, 1.165) is 0 Å². The zero-order valence-corrected chi connectivity index (χ0v) is 7.21. The summed E-state index contributed by atoms with van der Waals surface area (Å²) in [7, 11) is 0. The quantitative estimate of drug-likeness (QED) is 0.378. The molecule has 1 nitrogen and oxygen atoms in total. The van der Waals surface area contributed by atoms with E-state index in [0.29, 0.717) is 5.57 Å². The van der Waals surface area contributed by atoms with Crippen molar-refractivity contribution < 1.29 is 30.6 Å². The number of allylic oxidation sites excluding steroid dienone is 1. The smallest absolute Gasteiger partial charge is 0 e. The molecule has 0 aromatic carbocycles. The van der Waals surface area contributed by atoms with Crippen molar-refractivity contribution >= 4 is 6.29 Å². The van der Waals surface area contributed by atoms with Crippen LogP contribution in [0, 0.1) is 0 Å². The molecule has 0 heterocycles. The molecule has 6 heavy (non-hydrogen) atoms. The Bertz CT molecular complexity index is 58.6. The van der Waals surface area contributed by atoms with E-state index in [1.54, 1.807) is 13.2 Å². The van der Waals surface area contributed by atoms with Crippen LogP contribution >= 0.6 is 0 Å². The molecule has 0 aliphatic rings. The van der Waals surface area contributed by atoms with Crippen LogP contribution in [0.5, 0.6) is 0 Å². The topological polar surface area (TPSA) is 17.1 Å². The summed E-state index contributed by atoms with van der Waals surface area (Å²) in [6, 6.07) is 0. The van der Waals surface area contributed by atoms with Crippen molar-refractivity contribution in [3.63, 3.8) is 0 Å². The maximum absolute atomic E-state index is 9.28. The molecule has 0 amide bonds. The number of hydrogen-bond donors (Lipinski definition) is 0. The second-order valence-electron chi connectivity index (χ2n) is 0.882. The number of rotatable bonds is 1. The molecule has 2 heteroatoms. The van der Waals surface area contributed by atoms with Crippen molar-refractivity contribution in [2.75, 3.05) is 0 Å². The van der Waals surface area contributed by atoms with E-state index >= 15 is 0 Å². The molecule has 0 bridgehead atoms. The Labute approximate surface area is 56.2 Å². The second-order valence-corrected chi connectivity index (χ2v) is 0.882. The van der Waals surface area contributed by atoms with Gasteiger partial charge in [-0.1, -0.05) is 6.92 Å². The average molecular weight is 248 g/mol. The van der Waals surface area contributed by atoms with Crippen LogP contribution in [0.15, 0.2) is 12.2 Å². The SMILES string of the molecule is C=C(C)[C-]=O.[Hf]. The van der Waals surface area contributed by atoms with E-state index in [1.165, 1.54) is 0 Å². The van der Waals surface area contributed by atoms with Gasteiger partial charge in [0, 0.05) is 25.8 Å². The van der Waals surface area contributed by atoms with Gasteiger partial charge in [0.2, 0.25) is 0 Å². The molecule has 0 atom stereocenters. The summed E-state index contributed by atoms with van der Waals surface area (Å²) in [5.74, 6) is 0. The molecule has 0 aromatic heterocycles. The van der Waals surface area contributed by atoms with Gasteiger partial charge in [-0.15, -0.1) is 0 Å². The molecule has 0 radical (unpaired) electrons. The van der Waals surface area contributed by atoms with E-state index < -0.39 is 0 Å². The van der Waals surface area contributed by atoms with Crippen molar-refractivity contribution in [1.29, 1.82) is 0 Å². The van der Waals surface area contributed by atoms with Gasteiger partial charge in [0.15, 0.2) is 0 Å². The Morgan fingerprint density at radius 2 is 2.00 bits per heavy atom. The standard InChI is InChI=1S/C4H5O.Hf/c1-4(2)3-5;/h1H2,2H3;/q-1;. The van der Waals surface area contributed by atoms with E-state index in [2.05, 4.69) is 6.58 Å². The zero-order chi connectivity index (χ0) is 4.28. The van der Waals surface area contributed by atoms with Gasteiger partial charge in [-0.05, 0) is 6.29 Å². The summed E-state index contributed by atoms with van der Waals surface area (Å²) in [5, 5.41) is 0. The van der Waals surface area contributed by atoms with Crippen LogP contribution in [0.25, 0.3) is 0 Å².